The van der Waals surface area contributed by atoms with Gasteiger partial charge in [0.2, 0.25) is 0 Å². The number of hydrogen-bond acceptors (Lipinski definition) is 6. The predicted molar refractivity (Wildman–Crippen MR) is 52.7 cm³/mol. The molecule has 1 aromatic rings. The minimum absolute atomic E-state index is 0.161. The predicted octanol–water partition coefficient (Wildman–Crippen LogP) is -0.114. The first kappa shape index (κ1) is 11.0. The van der Waals surface area contributed by atoms with Crippen LogP contribution in [0.2, 0.25) is 0 Å². The molecule has 1 aromatic heterocycles. The molecule has 0 aliphatic carbocycles. The van der Waals surface area contributed by atoms with E-state index in [4.69, 9.17) is 9.47 Å². The zero-order valence-electron chi connectivity index (χ0n) is 9.13. The molecule has 0 aromatic carbocycles. The highest BCUT2D eigenvalue weighted by Gasteiger charge is 2.22. The van der Waals surface area contributed by atoms with Crippen molar-refractivity contribution in [2.75, 3.05) is 19.8 Å². The average molecular weight is 226 g/mol. The molecule has 0 saturated carbocycles. The van der Waals surface area contributed by atoms with E-state index in [1.54, 1.807) is 6.92 Å². The third kappa shape index (κ3) is 2.35. The number of hydrogen-bond donors (Lipinski definition) is 0. The summed E-state index contributed by atoms with van der Waals surface area (Å²) in [7, 11) is 0. The van der Waals surface area contributed by atoms with Gasteiger partial charge >= 0.3 is 5.97 Å². The first-order valence-corrected chi connectivity index (χ1v) is 5.32. The SMILES string of the molecule is CCOC(=O)c1nnnn1CC1CCOC1. The van der Waals surface area contributed by atoms with Crippen molar-refractivity contribution >= 4 is 5.97 Å². The van der Waals surface area contributed by atoms with E-state index < -0.39 is 5.97 Å². The van der Waals surface area contributed by atoms with E-state index in [9.17, 15) is 4.79 Å². The molecule has 0 radical (unpaired) electrons. The van der Waals surface area contributed by atoms with Crippen LogP contribution in [0.3, 0.4) is 0 Å². The summed E-state index contributed by atoms with van der Waals surface area (Å²) in [4.78, 5) is 11.5. The Balaban J connectivity index is 2.03. The van der Waals surface area contributed by atoms with Crippen LogP contribution in [-0.2, 0) is 16.0 Å². The second kappa shape index (κ2) is 5.02. The maximum atomic E-state index is 11.5. The molecule has 0 amide bonds. The van der Waals surface area contributed by atoms with E-state index in [1.165, 1.54) is 4.68 Å². The summed E-state index contributed by atoms with van der Waals surface area (Å²) in [5.41, 5.74) is 0. The van der Waals surface area contributed by atoms with Crippen LogP contribution in [0.1, 0.15) is 24.0 Å². The Bertz CT molecular complexity index is 359. The lowest BCUT2D eigenvalue weighted by molar-refractivity contribution is 0.0502. The van der Waals surface area contributed by atoms with Crippen LogP contribution in [0.25, 0.3) is 0 Å². The molecule has 88 valence electrons. The van der Waals surface area contributed by atoms with Gasteiger partial charge in [-0.1, -0.05) is 0 Å². The summed E-state index contributed by atoms with van der Waals surface area (Å²) in [6.07, 6.45) is 0.974. The van der Waals surface area contributed by atoms with Crippen LogP contribution in [0.4, 0.5) is 0 Å². The normalized spacial score (nSPS) is 19.9. The van der Waals surface area contributed by atoms with Gasteiger partial charge in [0.05, 0.1) is 19.8 Å². The molecule has 0 bridgehead atoms. The van der Waals surface area contributed by atoms with Crippen LogP contribution in [0, 0.1) is 5.92 Å². The minimum Gasteiger partial charge on any atom is -0.460 e. The average Bonchev–Trinajstić information content (AvgIpc) is 2.90. The van der Waals surface area contributed by atoms with Gasteiger partial charge in [0.15, 0.2) is 0 Å². The number of aromatic nitrogens is 4. The van der Waals surface area contributed by atoms with Gasteiger partial charge in [-0.2, -0.15) is 0 Å². The molecule has 2 heterocycles. The molecule has 1 fully saturated rings. The number of esters is 1. The molecule has 1 aliphatic heterocycles. The molecule has 1 unspecified atom stereocenters. The monoisotopic (exact) mass is 226 g/mol. The Hall–Kier alpha value is -1.50. The standard InChI is InChI=1S/C9H14N4O3/c1-2-16-9(14)8-10-11-12-13(8)5-7-3-4-15-6-7/h7H,2-6H2,1H3. The lowest BCUT2D eigenvalue weighted by Gasteiger charge is -2.08. The van der Waals surface area contributed by atoms with Crippen molar-refractivity contribution in [1.29, 1.82) is 0 Å². The van der Waals surface area contributed by atoms with Crippen LogP contribution in [0.5, 0.6) is 0 Å². The van der Waals surface area contributed by atoms with Crippen LogP contribution in [0.15, 0.2) is 0 Å². The van der Waals surface area contributed by atoms with Gasteiger partial charge in [0, 0.05) is 12.5 Å². The summed E-state index contributed by atoms with van der Waals surface area (Å²) < 4.78 is 11.6. The zero-order valence-corrected chi connectivity index (χ0v) is 9.13. The summed E-state index contributed by atoms with van der Waals surface area (Å²) in [6, 6.07) is 0. The maximum Gasteiger partial charge on any atom is 0.378 e. The lowest BCUT2D eigenvalue weighted by atomic mass is 10.1. The smallest absolute Gasteiger partial charge is 0.378 e. The summed E-state index contributed by atoms with van der Waals surface area (Å²) in [5.74, 6) is 0.0526. The van der Waals surface area contributed by atoms with E-state index in [-0.39, 0.29) is 5.82 Å². The third-order valence-electron chi connectivity index (χ3n) is 2.45. The quantitative estimate of drug-likeness (QED) is 0.666. The summed E-state index contributed by atoms with van der Waals surface area (Å²) >= 11 is 0. The molecule has 7 nitrogen and oxygen atoms in total. The van der Waals surface area contributed by atoms with Gasteiger partial charge < -0.3 is 9.47 Å². The van der Waals surface area contributed by atoms with Crippen molar-refractivity contribution in [3.8, 4) is 0 Å². The minimum atomic E-state index is -0.480. The van der Waals surface area contributed by atoms with Crippen molar-refractivity contribution in [3.63, 3.8) is 0 Å². The highest BCUT2D eigenvalue weighted by Crippen LogP contribution is 2.14. The fourth-order valence-electron chi connectivity index (χ4n) is 1.64. The molecule has 1 aliphatic rings. The van der Waals surface area contributed by atoms with Gasteiger partial charge in [0.1, 0.15) is 0 Å². The highest BCUT2D eigenvalue weighted by atomic mass is 16.5. The fourth-order valence-corrected chi connectivity index (χ4v) is 1.64. The van der Waals surface area contributed by atoms with E-state index in [0.717, 1.165) is 13.0 Å². The molecule has 16 heavy (non-hydrogen) atoms. The van der Waals surface area contributed by atoms with Gasteiger partial charge in [-0.05, 0) is 23.8 Å². The van der Waals surface area contributed by atoms with E-state index in [2.05, 4.69) is 15.5 Å². The number of rotatable bonds is 4. The molecule has 1 atom stereocenters. The van der Waals surface area contributed by atoms with Crippen molar-refractivity contribution in [2.24, 2.45) is 5.92 Å². The molecular formula is C9H14N4O3. The molecule has 0 N–H and O–H groups in total. The Morgan fingerprint density at radius 1 is 1.69 bits per heavy atom. The zero-order chi connectivity index (χ0) is 11.4. The summed E-state index contributed by atoms with van der Waals surface area (Å²) in [5, 5.41) is 10.9. The van der Waals surface area contributed by atoms with Gasteiger partial charge in [-0.25, -0.2) is 9.48 Å². The third-order valence-corrected chi connectivity index (χ3v) is 2.45. The first-order chi connectivity index (χ1) is 7.81. The maximum absolute atomic E-state index is 11.5. The van der Waals surface area contributed by atoms with Gasteiger partial charge in [-0.15, -0.1) is 5.10 Å². The van der Waals surface area contributed by atoms with E-state index in [0.29, 0.717) is 25.7 Å². The Labute approximate surface area is 92.7 Å². The topological polar surface area (TPSA) is 79.1 Å². The number of nitrogens with zero attached hydrogens (tertiary/aromatic N) is 4. The number of tetrazole rings is 1. The van der Waals surface area contributed by atoms with Crippen molar-refractivity contribution in [3.05, 3.63) is 5.82 Å². The largest absolute Gasteiger partial charge is 0.460 e. The van der Waals surface area contributed by atoms with E-state index in [1.807, 2.05) is 0 Å². The van der Waals surface area contributed by atoms with E-state index >= 15 is 0 Å². The Kier molecular flexibility index (Phi) is 3.45. The van der Waals surface area contributed by atoms with Crippen molar-refractivity contribution in [1.82, 2.24) is 20.2 Å². The van der Waals surface area contributed by atoms with Crippen molar-refractivity contribution in [2.45, 2.75) is 19.9 Å². The molecule has 1 saturated heterocycles. The Morgan fingerprint density at radius 3 is 3.25 bits per heavy atom. The molecule has 2 rings (SSSR count). The lowest BCUT2D eigenvalue weighted by Crippen LogP contribution is -2.19. The Morgan fingerprint density at radius 2 is 2.56 bits per heavy atom. The molecule has 7 heteroatoms. The first-order valence-electron chi connectivity index (χ1n) is 5.32. The van der Waals surface area contributed by atoms with Gasteiger partial charge in [-0.3, -0.25) is 0 Å². The fraction of sp³-hybridized carbons (Fsp3) is 0.778. The number of ether oxygens (including phenoxy) is 2. The molecular weight excluding hydrogens is 212 g/mol. The number of carbonyl (C=O) groups is 1. The van der Waals surface area contributed by atoms with Crippen LogP contribution < -0.4 is 0 Å². The number of carbonyl (C=O) groups excluding carboxylic acids is 1. The second-order valence-corrected chi connectivity index (χ2v) is 3.63. The highest BCUT2D eigenvalue weighted by molar-refractivity contribution is 5.85. The van der Waals surface area contributed by atoms with Crippen LogP contribution >= 0.6 is 0 Å². The summed E-state index contributed by atoms with van der Waals surface area (Å²) in [6.45, 7) is 4.12. The van der Waals surface area contributed by atoms with Crippen LogP contribution in [-0.4, -0.2) is 46.0 Å². The second-order valence-electron chi connectivity index (χ2n) is 3.63. The van der Waals surface area contributed by atoms with Gasteiger partial charge in [0.25, 0.3) is 5.82 Å². The van der Waals surface area contributed by atoms with Crippen molar-refractivity contribution < 1.29 is 14.3 Å². The molecule has 0 spiro atoms.